The average molecular weight is 374 g/mol. The largest absolute Gasteiger partial charge is 0.383 e. The van der Waals surface area contributed by atoms with E-state index in [4.69, 9.17) is 9.26 Å². The predicted molar refractivity (Wildman–Crippen MR) is 100 cm³/mol. The predicted octanol–water partition coefficient (Wildman–Crippen LogP) is 3.23. The lowest BCUT2D eigenvalue weighted by Crippen LogP contribution is -2.28. The number of nitrogens with zero attached hydrogens (tertiary/aromatic N) is 4. The highest BCUT2D eigenvalue weighted by atomic mass is 32.2. The van der Waals surface area contributed by atoms with Crippen LogP contribution in [0.4, 0.5) is 0 Å². The smallest absolute Gasteiger partial charge is 0.262 e. The van der Waals surface area contributed by atoms with Crippen LogP contribution in [0.5, 0.6) is 0 Å². The molecular weight excluding hydrogens is 352 g/mol. The molecule has 0 radical (unpaired) electrons. The highest BCUT2D eigenvalue weighted by Crippen LogP contribution is 2.24. The Labute approximate surface area is 155 Å². The summed E-state index contributed by atoms with van der Waals surface area (Å²) < 4.78 is 12.2. The Morgan fingerprint density at radius 1 is 1.31 bits per heavy atom. The van der Waals surface area contributed by atoms with Crippen molar-refractivity contribution in [2.75, 3.05) is 13.7 Å². The van der Waals surface area contributed by atoms with Crippen molar-refractivity contribution < 1.29 is 9.26 Å². The quantitative estimate of drug-likeness (QED) is 0.442. The summed E-state index contributed by atoms with van der Waals surface area (Å²) in [7, 11) is 1.62. The molecule has 8 heteroatoms. The van der Waals surface area contributed by atoms with E-state index in [0.717, 1.165) is 12.8 Å². The SMILES string of the molecule is CCCc1noc(CSc2nc3ccccc3c(=O)n2C(C)COC)n1. The zero-order chi connectivity index (χ0) is 18.5. The molecule has 26 heavy (non-hydrogen) atoms. The monoisotopic (exact) mass is 374 g/mol. The van der Waals surface area contributed by atoms with Gasteiger partial charge >= 0.3 is 0 Å². The number of methoxy groups -OCH3 is 1. The Bertz CT molecular complexity index is 938. The second-order valence-corrected chi connectivity index (χ2v) is 6.98. The number of para-hydroxylation sites is 1. The third kappa shape index (κ3) is 3.96. The van der Waals surface area contributed by atoms with Crippen molar-refractivity contribution in [2.24, 2.45) is 0 Å². The van der Waals surface area contributed by atoms with Gasteiger partial charge in [0.1, 0.15) is 0 Å². The van der Waals surface area contributed by atoms with Crippen molar-refractivity contribution in [1.82, 2.24) is 19.7 Å². The molecule has 3 aromatic rings. The number of fused-ring (bicyclic) bond motifs is 1. The summed E-state index contributed by atoms with van der Waals surface area (Å²) in [5.74, 6) is 1.70. The molecule has 0 aliphatic rings. The summed E-state index contributed by atoms with van der Waals surface area (Å²) in [4.78, 5) is 22.0. The Balaban J connectivity index is 1.94. The van der Waals surface area contributed by atoms with Crippen LogP contribution in [-0.4, -0.2) is 33.4 Å². The van der Waals surface area contributed by atoms with Gasteiger partial charge in [-0.15, -0.1) is 0 Å². The lowest BCUT2D eigenvalue weighted by molar-refractivity contribution is 0.156. The van der Waals surface area contributed by atoms with E-state index in [0.29, 0.717) is 40.1 Å². The first kappa shape index (κ1) is 18.6. The molecule has 2 heterocycles. The molecule has 3 rings (SSSR count). The van der Waals surface area contributed by atoms with Gasteiger partial charge in [-0.3, -0.25) is 9.36 Å². The van der Waals surface area contributed by atoms with Crippen LogP contribution >= 0.6 is 11.8 Å². The first-order valence-corrected chi connectivity index (χ1v) is 9.57. The second-order valence-electron chi connectivity index (χ2n) is 6.03. The van der Waals surface area contributed by atoms with Crippen molar-refractivity contribution >= 4 is 22.7 Å². The average Bonchev–Trinajstić information content (AvgIpc) is 3.08. The molecule has 2 aromatic heterocycles. The third-order valence-corrected chi connectivity index (χ3v) is 4.87. The number of aromatic nitrogens is 4. The van der Waals surface area contributed by atoms with Crippen LogP contribution in [0.2, 0.25) is 0 Å². The number of thioether (sulfide) groups is 1. The van der Waals surface area contributed by atoms with Gasteiger partial charge in [0.25, 0.3) is 5.56 Å². The Morgan fingerprint density at radius 3 is 2.88 bits per heavy atom. The van der Waals surface area contributed by atoms with Gasteiger partial charge in [0.15, 0.2) is 11.0 Å². The third-order valence-electron chi connectivity index (χ3n) is 3.93. The Hall–Kier alpha value is -2.19. The Kier molecular flexibility index (Phi) is 6.05. The van der Waals surface area contributed by atoms with E-state index in [1.54, 1.807) is 17.7 Å². The molecule has 0 amide bonds. The fourth-order valence-electron chi connectivity index (χ4n) is 2.73. The Morgan fingerprint density at radius 2 is 2.12 bits per heavy atom. The van der Waals surface area contributed by atoms with Crippen molar-refractivity contribution in [3.63, 3.8) is 0 Å². The van der Waals surface area contributed by atoms with Crippen LogP contribution in [0.15, 0.2) is 38.7 Å². The maximum atomic E-state index is 13.0. The fourth-order valence-corrected chi connectivity index (χ4v) is 3.67. The minimum absolute atomic E-state index is 0.0696. The van der Waals surface area contributed by atoms with Gasteiger partial charge in [0.2, 0.25) is 5.89 Å². The zero-order valence-corrected chi connectivity index (χ0v) is 16.0. The van der Waals surface area contributed by atoms with E-state index >= 15 is 0 Å². The summed E-state index contributed by atoms with van der Waals surface area (Å²) >= 11 is 1.41. The summed E-state index contributed by atoms with van der Waals surface area (Å²) in [6.07, 6.45) is 1.75. The standard InChI is InChI=1S/C18H22N4O3S/c1-4-7-15-20-16(25-21-15)11-26-18-19-14-9-6-5-8-13(14)17(23)22(18)12(2)10-24-3/h5-6,8-9,12H,4,7,10-11H2,1-3H3. The fraction of sp³-hybridized carbons (Fsp3) is 0.444. The van der Waals surface area contributed by atoms with E-state index in [2.05, 4.69) is 22.0 Å². The summed E-state index contributed by atoms with van der Waals surface area (Å²) in [5, 5.41) is 5.18. The summed E-state index contributed by atoms with van der Waals surface area (Å²) in [5.41, 5.74) is 0.609. The number of hydrogen-bond acceptors (Lipinski definition) is 7. The molecule has 0 bridgehead atoms. The van der Waals surface area contributed by atoms with Gasteiger partial charge in [-0.1, -0.05) is 36.0 Å². The number of aryl methyl sites for hydroxylation is 1. The van der Waals surface area contributed by atoms with Gasteiger partial charge in [-0.2, -0.15) is 4.98 Å². The van der Waals surface area contributed by atoms with Gasteiger partial charge in [-0.05, 0) is 25.5 Å². The highest BCUT2D eigenvalue weighted by Gasteiger charge is 2.17. The molecule has 1 aromatic carbocycles. The molecular formula is C18H22N4O3S. The number of rotatable bonds is 8. The van der Waals surface area contributed by atoms with E-state index in [-0.39, 0.29) is 11.6 Å². The maximum Gasteiger partial charge on any atom is 0.262 e. The summed E-state index contributed by atoms with van der Waals surface area (Å²) in [6, 6.07) is 7.23. The van der Waals surface area contributed by atoms with E-state index in [1.165, 1.54) is 11.8 Å². The molecule has 1 unspecified atom stereocenters. The molecule has 0 N–H and O–H groups in total. The molecule has 0 fully saturated rings. The molecule has 0 aliphatic carbocycles. The zero-order valence-electron chi connectivity index (χ0n) is 15.1. The van der Waals surface area contributed by atoms with Crippen molar-refractivity contribution in [3.8, 4) is 0 Å². The number of benzene rings is 1. The first-order chi connectivity index (χ1) is 12.6. The van der Waals surface area contributed by atoms with E-state index < -0.39 is 0 Å². The van der Waals surface area contributed by atoms with Gasteiger partial charge in [0, 0.05) is 13.5 Å². The normalized spacial score (nSPS) is 12.6. The molecule has 0 aliphatic heterocycles. The van der Waals surface area contributed by atoms with Gasteiger partial charge < -0.3 is 9.26 Å². The van der Waals surface area contributed by atoms with Crippen LogP contribution in [0, 0.1) is 0 Å². The minimum Gasteiger partial charge on any atom is -0.383 e. The summed E-state index contributed by atoms with van der Waals surface area (Å²) in [6.45, 7) is 4.44. The number of ether oxygens (including phenoxy) is 1. The number of hydrogen-bond donors (Lipinski definition) is 0. The van der Waals surface area contributed by atoms with Crippen molar-refractivity contribution in [2.45, 2.75) is 43.6 Å². The lowest BCUT2D eigenvalue weighted by atomic mass is 10.2. The molecule has 0 saturated carbocycles. The van der Waals surface area contributed by atoms with Crippen molar-refractivity contribution in [3.05, 3.63) is 46.3 Å². The topological polar surface area (TPSA) is 83.0 Å². The van der Waals surface area contributed by atoms with E-state index in [1.807, 2.05) is 25.1 Å². The molecule has 1 atom stereocenters. The molecule has 0 saturated heterocycles. The van der Waals surface area contributed by atoms with Crippen LogP contribution in [-0.2, 0) is 16.9 Å². The van der Waals surface area contributed by atoms with E-state index in [9.17, 15) is 4.79 Å². The lowest BCUT2D eigenvalue weighted by Gasteiger charge is -2.18. The van der Waals surface area contributed by atoms with Crippen LogP contribution in [0.1, 0.15) is 38.0 Å². The first-order valence-electron chi connectivity index (χ1n) is 8.58. The second kappa shape index (κ2) is 8.46. The van der Waals surface area contributed by atoms with Crippen molar-refractivity contribution in [1.29, 1.82) is 0 Å². The van der Waals surface area contributed by atoms with Crippen LogP contribution in [0.3, 0.4) is 0 Å². The van der Waals surface area contributed by atoms with Gasteiger partial charge in [-0.25, -0.2) is 4.98 Å². The van der Waals surface area contributed by atoms with Crippen LogP contribution in [0.25, 0.3) is 10.9 Å². The van der Waals surface area contributed by atoms with Crippen LogP contribution < -0.4 is 5.56 Å². The molecule has 7 nitrogen and oxygen atoms in total. The highest BCUT2D eigenvalue weighted by molar-refractivity contribution is 7.98. The molecule has 0 spiro atoms. The minimum atomic E-state index is -0.134. The molecule has 138 valence electrons. The van der Waals surface area contributed by atoms with Gasteiger partial charge in [0.05, 0.1) is 29.3 Å². The maximum absolute atomic E-state index is 13.0.